The maximum Gasteiger partial charge on any atom is 0.274 e. The van der Waals surface area contributed by atoms with Crippen molar-refractivity contribution in [2.75, 3.05) is 22.7 Å². The molecule has 2 heterocycles. The summed E-state index contributed by atoms with van der Waals surface area (Å²) in [5, 5.41) is 22.4. The zero-order valence-corrected chi connectivity index (χ0v) is 14.1. The molecule has 1 saturated heterocycles. The van der Waals surface area contributed by atoms with Gasteiger partial charge in [-0.1, -0.05) is 0 Å². The van der Waals surface area contributed by atoms with Gasteiger partial charge in [0.25, 0.3) is 11.5 Å². The number of fused-ring (bicyclic) bond motifs is 1. The largest absolute Gasteiger partial charge is 0.506 e. The minimum Gasteiger partial charge on any atom is -0.506 e. The molecule has 0 aliphatic carbocycles. The molecule has 1 aliphatic heterocycles. The summed E-state index contributed by atoms with van der Waals surface area (Å²) in [4.78, 5) is 23.7. The molecule has 1 aromatic heterocycles. The predicted octanol–water partition coefficient (Wildman–Crippen LogP) is 0.0846. The van der Waals surface area contributed by atoms with Gasteiger partial charge in [-0.05, 0) is 12.1 Å². The first kappa shape index (κ1) is 16.8. The molecule has 130 valence electrons. The van der Waals surface area contributed by atoms with E-state index in [1.807, 2.05) is 6.07 Å². The van der Waals surface area contributed by atoms with Gasteiger partial charge in [0.05, 0.1) is 23.7 Å². The minimum absolute atomic E-state index is 0.134. The van der Waals surface area contributed by atoms with Crippen LogP contribution in [-0.2, 0) is 23.0 Å². The van der Waals surface area contributed by atoms with Crippen molar-refractivity contribution in [3.8, 4) is 11.8 Å². The summed E-state index contributed by atoms with van der Waals surface area (Å²) >= 11 is -1.76. The Bertz CT molecular complexity index is 994. The lowest BCUT2D eigenvalue weighted by Crippen LogP contribution is -2.24. The summed E-state index contributed by atoms with van der Waals surface area (Å²) < 4.78 is 16.8. The van der Waals surface area contributed by atoms with Gasteiger partial charge < -0.3 is 15.0 Å². The molecule has 0 saturated carbocycles. The molecular formula is C15H15N5O4S. The van der Waals surface area contributed by atoms with Crippen molar-refractivity contribution in [2.45, 2.75) is 6.42 Å². The molecule has 2 aromatic rings. The number of benzene rings is 1. The number of nitrogens with one attached hydrogen (secondary N) is 2. The highest BCUT2D eigenvalue weighted by atomic mass is 32.2. The number of phenols is 1. The summed E-state index contributed by atoms with van der Waals surface area (Å²) in [7, 11) is 1.57. The number of nitrogens with zero attached hydrogens (tertiary/aromatic N) is 3. The summed E-state index contributed by atoms with van der Waals surface area (Å²) in [5.74, 6) is -0.588. The lowest BCUT2D eigenvalue weighted by molar-refractivity contribution is -0.117. The third kappa shape index (κ3) is 3.01. The zero-order valence-electron chi connectivity index (χ0n) is 13.3. The van der Waals surface area contributed by atoms with Crippen molar-refractivity contribution in [1.29, 1.82) is 5.26 Å². The van der Waals surface area contributed by atoms with Crippen LogP contribution < -0.4 is 19.9 Å². The van der Waals surface area contributed by atoms with E-state index in [4.69, 9.17) is 5.26 Å². The van der Waals surface area contributed by atoms with Crippen LogP contribution in [0.2, 0.25) is 0 Å². The molecule has 3 N–H and O–H groups in total. The minimum atomic E-state index is -1.76. The number of anilines is 2. The Morgan fingerprint density at radius 2 is 2.16 bits per heavy atom. The summed E-state index contributed by atoms with van der Waals surface area (Å²) in [6.45, 7) is 0.196. The second-order valence-electron chi connectivity index (χ2n) is 5.47. The maximum atomic E-state index is 12.3. The third-order valence-corrected chi connectivity index (χ3v) is 4.96. The SMILES string of the molecule is Cn1c(=O)c(NCCC#N)cc2cc(N3CC(=O)NS3=O)c(O)cc21. The zero-order chi connectivity index (χ0) is 18.1. The van der Waals surface area contributed by atoms with Crippen molar-refractivity contribution in [3.05, 3.63) is 28.6 Å². The van der Waals surface area contributed by atoms with Gasteiger partial charge in [-0.2, -0.15) is 5.26 Å². The Morgan fingerprint density at radius 1 is 1.40 bits per heavy atom. The van der Waals surface area contributed by atoms with Crippen LogP contribution in [0, 0.1) is 11.3 Å². The molecule has 0 bridgehead atoms. The Hall–Kier alpha value is -3.06. The average Bonchev–Trinajstić information content (AvgIpc) is 2.91. The van der Waals surface area contributed by atoms with Crippen molar-refractivity contribution in [1.82, 2.24) is 9.29 Å². The molecule has 1 aliphatic rings. The quantitative estimate of drug-likeness (QED) is 0.662. The first-order valence-electron chi connectivity index (χ1n) is 7.39. The van der Waals surface area contributed by atoms with E-state index >= 15 is 0 Å². The lowest BCUT2D eigenvalue weighted by Gasteiger charge is -2.17. The number of pyridine rings is 1. The first-order chi connectivity index (χ1) is 11.9. The molecule has 1 aromatic carbocycles. The number of carbonyl (C=O) groups is 1. The number of hydrogen-bond acceptors (Lipinski definition) is 6. The van der Waals surface area contributed by atoms with E-state index in [1.165, 1.54) is 14.9 Å². The second kappa shape index (κ2) is 6.45. The summed E-state index contributed by atoms with van der Waals surface area (Å²) in [6.07, 6.45) is 0.253. The van der Waals surface area contributed by atoms with Crippen molar-refractivity contribution >= 4 is 39.4 Å². The standard InChI is InChI=1S/C15H15N5O4S/c1-19-11-7-13(21)12(20-8-14(22)18-25(20)24)6-9(11)5-10(15(19)23)17-4-2-3-16/h5-7,17,21H,2,4,8H2,1H3,(H,18,22). The van der Waals surface area contributed by atoms with Crippen LogP contribution in [0.5, 0.6) is 5.75 Å². The molecule has 1 unspecified atom stereocenters. The molecule has 25 heavy (non-hydrogen) atoms. The van der Waals surface area contributed by atoms with E-state index in [-0.39, 0.29) is 30.0 Å². The van der Waals surface area contributed by atoms with E-state index in [0.717, 1.165) is 0 Å². The molecule has 9 nitrogen and oxygen atoms in total. The number of rotatable bonds is 4. The monoisotopic (exact) mass is 361 g/mol. The fourth-order valence-electron chi connectivity index (χ4n) is 2.62. The van der Waals surface area contributed by atoms with Crippen LogP contribution in [0.3, 0.4) is 0 Å². The highest BCUT2D eigenvalue weighted by Gasteiger charge is 2.29. The normalized spacial score (nSPS) is 16.7. The number of aryl methyl sites for hydroxylation is 1. The summed E-state index contributed by atoms with van der Waals surface area (Å²) in [5.41, 5.74) is 0.741. The van der Waals surface area contributed by atoms with E-state index in [1.54, 1.807) is 19.2 Å². The Labute approximate surface area is 145 Å². The highest BCUT2D eigenvalue weighted by molar-refractivity contribution is 7.85. The molecule has 3 rings (SSSR count). The number of aromatic nitrogens is 1. The van der Waals surface area contributed by atoms with Crippen molar-refractivity contribution in [3.63, 3.8) is 0 Å². The van der Waals surface area contributed by atoms with E-state index in [0.29, 0.717) is 23.1 Å². The van der Waals surface area contributed by atoms with Crippen molar-refractivity contribution in [2.24, 2.45) is 7.05 Å². The van der Waals surface area contributed by atoms with Gasteiger partial charge in [-0.25, -0.2) is 4.21 Å². The Balaban J connectivity index is 2.10. The van der Waals surface area contributed by atoms with Crippen LogP contribution in [0.4, 0.5) is 11.4 Å². The fourth-order valence-corrected chi connectivity index (χ4v) is 3.55. The van der Waals surface area contributed by atoms with Crippen LogP contribution in [0.15, 0.2) is 23.0 Å². The molecule has 0 spiro atoms. The van der Waals surface area contributed by atoms with Gasteiger partial charge in [-0.15, -0.1) is 0 Å². The van der Waals surface area contributed by atoms with E-state index < -0.39 is 17.1 Å². The van der Waals surface area contributed by atoms with Crippen molar-refractivity contribution < 1.29 is 14.1 Å². The number of carbonyl (C=O) groups excluding carboxylic acids is 1. The molecule has 1 atom stereocenters. The van der Waals surface area contributed by atoms with Gasteiger partial charge in [0.15, 0.2) is 0 Å². The number of nitriles is 1. The van der Waals surface area contributed by atoms with Gasteiger partial charge in [-0.3, -0.25) is 18.6 Å². The second-order valence-corrected chi connectivity index (χ2v) is 6.61. The van der Waals surface area contributed by atoms with Crippen LogP contribution in [0.25, 0.3) is 10.9 Å². The molecule has 10 heteroatoms. The Kier molecular flexibility index (Phi) is 4.33. The van der Waals surface area contributed by atoms with Gasteiger partial charge in [0.2, 0.25) is 11.2 Å². The third-order valence-electron chi connectivity index (χ3n) is 3.83. The fraction of sp³-hybridized carbons (Fsp3) is 0.267. The maximum absolute atomic E-state index is 12.3. The van der Waals surface area contributed by atoms with Gasteiger partial charge >= 0.3 is 0 Å². The van der Waals surface area contributed by atoms with Crippen LogP contribution in [-0.4, -0.2) is 32.9 Å². The van der Waals surface area contributed by atoms with Gasteiger partial charge in [0.1, 0.15) is 18.0 Å². The molecule has 0 radical (unpaired) electrons. The molecular weight excluding hydrogens is 346 g/mol. The lowest BCUT2D eigenvalue weighted by atomic mass is 10.1. The number of hydrogen-bond donors (Lipinski definition) is 3. The van der Waals surface area contributed by atoms with Gasteiger partial charge in [0, 0.05) is 25.0 Å². The van der Waals surface area contributed by atoms with E-state index in [9.17, 15) is 18.9 Å². The highest BCUT2D eigenvalue weighted by Crippen LogP contribution is 2.34. The smallest absolute Gasteiger partial charge is 0.274 e. The summed E-state index contributed by atoms with van der Waals surface area (Å²) in [6, 6.07) is 6.55. The first-order valence-corrected chi connectivity index (χ1v) is 8.49. The number of aromatic hydroxyl groups is 1. The predicted molar refractivity (Wildman–Crippen MR) is 93.2 cm³/mol. The van der Waals surface area contributed by atoms with E-state index in [2.05, 4.69) is 10.0 Å². The number of amides is 1. The topological polar surface area (TPSA) is 127 Å². The van der Waals surface area contributed by atoms with Crippen LogP contribution >= 0.6 is 0 Å². The van der Waals surface area contributed by atoms with Crippen LogP contribution in [0.1, 0.15) is 6.42 Å². The average molecular weight is 361 g/mol. The Morgan fingerprint density at radius 3 is 2.80 bits per heavy atom. The molecule has 1 fully saturated rings. The molecule has 1 amide bonds. The number of phenolic OH excluding ortho intramolecular Hbond substituents is 1.